The van der Waals surface area contributed by atoms with E-state index in [9.17, 15) is 39.0 Å². The summed E-state index contributed by atoms with van der Waals surface area (Å²) in [5, 5.41) is 22.6. The number of benzene rings is 2. The standard InChI is InChI=1S/2C12H15NO4.2C6H5.Sn/c2*14-9-4-5-10(15)13(9)8-12(11(16)17)6-2-1-3-7-12;2*1-2-4-6-5-3-1;/h2*4-5H,1-3,6-8H2,(H,16,17);2*1-5H;/q;;;;+2/p-2. The number of hydrogen-bond acceptors (Lipinski definition) is 8. The number of nitrogens with zero attached hydrogens (tertiary/aromatic N) is 2. The second-order valence-electron chi connectivity index (χ2n) is 11.6. The van der Waals surface area contributed by atoms with Crippen LogP contribution in [0.2, 0.25) is 0 Å². The van der Waals surface area contributed by atoms with Crippen LogP contribution < -0.4 is 10.2 Å². The van der Waals surface area contributed by atoms with Gasteiger partial charge in [-0.1, -0.05) is 99.2 Å². The van der Waals surface area contributed by atoms with E-state index in [-0.39, 0.29) is 37.0 Å². The van der Waals surface area contributed by atoms with Gasteiger partial charge in [0.1, 0.15) is 0 Å². The van der Waals surface area contributed by atoms with Crippen LogP contribution in [-0.4, -0.2) is 82.4 Å². The largest absolute Gasteiger partial charge is 2.00 e. The smallest absolute Gasteiger partial charge is 0.549 e. The Morgan fingerprint density at radius 1 is 0.532 bits per heavy atom. The monoisotopic (exact) mass is 746 g/mol. The molecule has 0 atom stereocenters. The third-order valence-electron chi connectivity index (χ3n) is 8.42. The summed E-state index contributed by atoms with van der Waals surface area (Å²) in [4.78, 5) is 70.3. The summed E-state index contributed by atoms with van der Waals surface area (Å²) in [6.07, 6.45) is 11.8. The molecule has 4 amide bonds. The number of carbonyl (C=O) groups is 6. The number of imide groups is 2. The molecule has 2 saturated carbocycles. The number of amides is 4. The molecule has 2 aromatic rings. The van der Waals surface area contributed by atoms with E-state index in [0.717, 1.165) is 48.3 Å². The van der Waals surface area contributed by atoms with Crippen molar-refractivity contribution in [2.24, 2.45) is 10.8 Å². The van der Waals surface area contributed by atoms with Crippen molar-refractivity contribution in [1.82, 2.24) is 9.80 Å². The zero-order valence-corrected chi connectivity index (χ0v) is 29.1. The molecule has 2 aliphatic carbocycles. The van der Waals surface area contributed by atoms with E-state index in [0.29, 0.717) is 25.7 Å². The van der Waals surface area contributed by atoms with Crippen molar-refractivity contribution < 1.29 is 39.0 Å². The molecule has 4 radical (unpaired) electrons. The van der Waals surface area contributed by atoms with Gasteiger partial charge in [-0.2, -0.15) is 0 Å². The summed E-state index contributed by atoms with van der Waals surface area (Å²) in [6.45, 7) is -0.111. The summed E-state index contributed by atoms with van der Waals surface area (Å²) in [6, 6.07) is 25.0. The molecule has 0 N–H and O–H groups in total. The van der Waals surface area contributed by atoms with Crippen LogP contribution in [0.5, 0.6) is 0 Å². The SMILES string of the molecule is O=C1C=CC(=O)N1CC1(C(=O)[O-])CCCCC1.O=C1C=CC(=O)N1CC1(C(=O)[O-])CCCCC1.[Sn+2].[c]1ccccc1.[c]1ccccc1. The summed E-state index contributed by atoms with van der Waals surface area (Å²) < 4.78 is 0. The molecular weight excluding hydrogens is 707 g/mol. The van der Waals surface area contributed by atoms with Gasteiger partial charge in [0.25, 0.3) is 23.6 Å². The molecule has 0 unspecified atom stereocenters. The van der Waals surface area contributed by atoms with Crippen molar-refractivity contribution in [2.75, 3.05) is 13.1 Å². The van der Waals surface area contributed by atoms with E-state index in [2.05, 4.69) is 12.1 Å². The molecule has 2 fully saturated rings. The molecule has 2 aliphatic heterocycles. The van der Waals surface area contributed by atoms with Gasteiger partial charge in [-0.3, -0.25) is 29.0 Å². The van der Waals surface area contributed by atoms with Gasteiger partial charge < -0.3 is 19.8 Å². The van der Waals surface area contributed by atoms with Gasteiger partial charge in [0.15, 0.2) is 0 Å². The van der Waals surface area contributed by atoms with Crippen LogP contribution in [0.4, 0.5) is 0 Å². The van der Waals surface area contributed by atoms with Crippen molar-refractivity contribution in [3.63, 3.8) is 0 Å². The van der Waals surface area contributed by atoms with E-state index in [4.69, 9.17) is 0 Å². The predicted molar refractivity (Wildman–Crippen MR) is 169 cm³/mol. The van der Waals surface area contributed by atoms with Gasteiger partial charge in [0, 0.05) is 60.2 Å². The van der Waals surface area contributed by atoms with Crippen LogP contribution in [-0.2, 0) is 28.8 Å². The Hall–Kier alpha value is -4.06. The maximum Gasteiger partial charge on any atom is 2.00 e. The quantitative estimate of drug-likeness (QED) is 0.321. The average molecular weight is 745 g/mol. The van der Waals surface area contributed by atoms with E-state index in [1.807, 2.05) is 60.7 Å². The first-order chi connectivity index (χ1) is 22.1. The minimum Gasteiger partial charge on any atom is -0.549 e. The van der Waals surface area contributed by atoms with Gasteiger partial charge >= 0.3 is 23.9 Å². The summed E-state index contributed by atoms with van der Waals surface area (Å²) >= 11 is 0. The van der Waals surface area contributed by atoms with Crippen LogP contribution in [0.15, 0.2) is 85.0 Å². The number of hydrogen-bond donors (Lipinski definition) is 0. The van der Waals surface area contributed by atoms with Crippen LogP contribution in [0.3, 0.4) is 0 Å². The van der Waals surface area contributed by atoms with Gasteiger partial charge in [0.05, 0.1) is 0 Å². The Balaban J connectivity index is 0.000000239. The number of carboxylic acid groups (broad SMARTS) is 2. The Morgan fingerprint density at radius 2 is 0.809 bits per heavy atom. The molecule has 11 heteroatoms. The van der Waals surface area contributed by atoms with Crippen LogP contribution in [0.1, 0.15) is 64.2 Å². The zero-order valence-electron chi connectivity index (χ0n) is 26.2. The molecule has 0 saturated heterocycles. The molecule has 10 nitrogen and oxygen atoms in total. The van der Waals surface area contributed by atoms with Crippen molar-refractivity contribution in [1.29, 1.82) is 0 Å². The fraction of sp³-hybridized carbons (Fsp3) is 0.389. The van der Waals surface area contributed by atoms with E-state index >= 15 is 0 Å². The van der Waals surface area contributed by atoms with Crippen LogP contribution in [0, 0.1) is 23.0 Å². The number of rotatable bonds is 6. The second-order valence-corrected chi connectivity index (χ2v) is 11.6. The molecule has 0 spiro atoms. The first-order valence-corrected chi connectivity index (χ1v) is 15.4. The average Bonchev–Trinajstić information content (AvgIpc) is 3.58. The minimum atomic E-state index is -1.15. The molecular formula is C36H38N2O8Sn. The summed E-state index contributed by atoms with van der Waals surface area (Å²) in [5.41, 5.74) is -2.09. The summed E-state index contributed by atoms with van der Waals surface area (Å²) in [5.74, 6) is -4.01. The molecule has 244 valence electrons. The van der Waals surface area contributed by atoms with Gasteiger partial charge in [-0.25, -0.2) is 0 Å². The minimum absolute atomic E-state index is 0. The van der Waals surface area contributed by atoms with E-state index < -0.39 is 46.4 Å². The van der Waals surface area contributed by atoms with Crippen molar-refractivity contribution >= 4 is 59.5 Å². The molecule has 4 aliphatic rings. The Bertz CT molecular complexity index is 1200. The van der Waals surface area contributed by atoms with E-state index in [1.54, 1.807) is 0 Å². The molecule has 6 rings (SSSR count). The molecule has 2 heterocycles. The number of aliphatic carboxylic acids is 2. The van der Waals surface area contributed by atoms with E-state index in [1.165, 1.54) is 24.3 Å². The Morgan fingerprint density at radius 3 is 1.00 bits per heavy atom. The number of carbonyl (C=O) groups excluding carboxylic acids is 6. The topological polar surface area (TPSA) is 155 Å². The van der Waals surface area contributed by atoms with Gasteiger partial charge in [0.2, 0.25) is 0 Å². The number of carboxylic acids is 2. The molecule has 0 bridgehead atoms. The normalized spacial score (nSPS) is 18.8. The maximum absolute atomic E-state index is 11.4. The second kappa shape index (κ2) is 19.6. The van der Waals surface area contributed by atoms with Crippen molar-refractivity contribution in [3.05, 3.63) is 97.1 Å². The Labute approximate surface area is 292 Å². The first-order valence-electron chi connectivity index (χ1n) is 15.4. The third kappa shape index (κ3) is 11.6. The molecule has 2 aromatic carbocycles. The van der Waals surface area contributed by atoms with Crippen LogP contribution >= 0.6 is 0 Å². The van der Waals surface area contributed by atoms with Crippen molar-refractivity contribution in [2.45, 2.75) is 64.2 Å². The van der Waals surface area contributed by atoms with Gasteiger partial charge in [-0.15, -0.1) is 0 Å². The molecule has 47 heavy (non-hydrogen) atoms. The zero-order chi connectivity index (χ0) is 33.4. The first kappa shape index (κ1) is 39.1. The fourth-order valence-electron chi connectivity index (χ4n) is 5.77. The summed E-state index contributed by atoms with van der Waals surface area (Å²) in [7, 11) is 0. The van der Waals surface area contributed by atoms with Crippen LogP contribution in [0.25, 0.3) is 0 Å². The fourth-order valence-corrected chi connectivity index (χ4v) is 5.77. The predicted octanol–water partition coefficient (Wildman–Crippen LogP) is 1.82. The maximum atomic E-state index is 11.4. The Kier molecular flexibility index (Phi) is 16.3. The third-order valence-corrected chi connectivity index (χ3v) is 8.42. The van der Waals surface area contributed by atoms with Gasteiger partial charge in [-0.05, 0) is 37.8 Å². The molecule has 0 aromatic heterocycles. The van der Waals surface area contributed by atoms with Crippen molar-refractivity contribution in [3.8, 4) is 0 Å².